The number of nitrogens with two attached hydrogens (primary N) is 2. The highest BCUT2D eigenvalue weighted by Gasteiger charge is 2.20. The van der Waals surface area contributed by atoms with E-state index in [9.17, 15) is 0 Å². The Kier molecular flexibility index (Phi) is 5.19. The third kappa shape index (κ3) is 4.14. The molecule has 88 valence electrons. The fourth-order valence-corrected chi connectivity index (χ4v) is 1.61. The van der Waals surface area contributed by atoms with Crippen molar-refractivity contribution in [3.8, 4) is 0 Å². The van der Waals surface area contributed by atoms with E-state index in [0.717, 1.165) is 13.0 Å². The SMILES string of the molecule is C=CC(N)(CNCCN)Cc1ccccc1. The Morgan fingerprint density at radius 2 is 2.00 bits per heavy atom. The zero-order chi connectivity index (χ0) is 11.9. The lowest BCUT2D eigenvalue weighted by molar-refractivity contribution is 0.477. The molecule has 0 saturated carbocycles. The Morgan fingerprint density at radius 3 is 2.56 bits per heavy atom. The molecule has 3 heteroatoms. The van der Waals surface area contributed by atoms with Crippen molar-refractivity contribution < 1.29 is 0 Å². The third-order valence-electron chi connectivity index (χ3n) is 2.56. The molecule has 0 aliphatic heterocycles. The second-order valence-corrected chi connectivity index (χ2v) is 4.07. The van der Waals surface area contributed by atoms with Crippen molar-refractivity contribution in [2.24, 2.45) is 11.5 Å². The van der Waals surface area contributed by atoms with Gasteiger partial charge in [-0.2, -0.15) is 0 Å². The molecule has 1 atom stereocenters. The van der Waals surface area contributed by atoms with E-state index in [4.69, 9.17) is 11.5 Å². The molecule has 0 heterocycles. The monoisotopic (exact) mass is 219 g/mol. The van der Waals surface area contributed by atoms with Crippen molar-refractivity contribution in [1.29, 1.82) is 0 Å². The Balaban J connectivity index is 2.56. The van der Waals surface area contributed by atoms with Crippen molar-refractivity contribution >= 4 is 0 Å². The topological polar surface area (TPSA) is 64.1 Å². The lowest BCUT2D eigenvalue weighted by Crippen LogP contribution is -2.49. The van der Waals surface area contributed by atoms with Crippen LogP contribution in [0.25, 0.3) is 0 Å². The van der Waals surface area contributed by atoms with Crippen LogP contribution in [0.1, 0.15) is 5.56 Å². The maximum atomic E-state index is 6.25. The molecule has 0 fully saturated rings. The fraction of sp³-hybridized carbons (Fsp3) is 0.385. The van der Waals surface area contributed by atoms with E-state index in [1.807, 2.05) is 24.3 Å². The molecule has 5 N–H and O–H groups in total. The van der Waals surface area contributed by atoms with E-state index in [0.29, 0.717) is 13.1 Å². The molecule has 1 rings (SSSR count). The molecule has 0 radical (unpaired) electrons. The summed E-state index contributed by atoms with van der Waals surface area (Å²) in [6, 6.07) is 10.2. The van der Waals surface area contributed by atoms with Crippen LogP contribution in [0.3, 0.4) is 0 Å². The first-order chi connectivity index (χ1) is 7.70. The van der Waals surface area contributed by atoms with Crippen LogP contribution in [0.15, 0.2) is 43.0 Å². The smallest absolute Gasteiger partial charge is 0.0504 e. The van der Waals surface area contributed by atoms with Gasteiger partial charge in [-0.1, -0.05) is 36.4 Å². The highest BCUT2D eigenvalue weighted by molar-refractivity contribution is 5.20. The van der Waals surface area contributed by atoms with Crippen molar-refractivity contribution in [1.82, 2.24) is 5.32 Å². The first kappa shape index (κ1) is 12.9. The van der Waals surface area contributed by atoms with Gasteiger partial charge in [0.05, 0.1) is 5.54 Å². The number of nitrogens with one attached hydrogen (secondary N) is 1. The van der Waals surface area contributed by atoms with Crippen LogP contribution in [0.4, 0.5) is 0 Å². The van der Waals surface area contributed by atoms with Gasteiger partial charge < -0.3 is 16.8 Å². The van der Waals surface area contributed by atoms with Crippen LogP contribution < -0.4 is 16.8 Å². The molecule has 0 aliphatic rings. The van der Waals surface area contributed by atoms with Gasteiger partial charge in [0, 0.05) is 19.6 Å². The lowest BCUT2D eigenvalue weighted by atomic mass is 9.92. The van der Waals surface area contributed by atoms with Gasteiger partial charge in [0.25, 0.3) is 0 Å². The summed E-state index contributed by atoms with van der Waals surface area (Å²) in [6.45, 7) is 5.91. The molecule has 0 saturated heterocycles. The van der Waals surface area contributed by atoms with E-state index in [1.165, 1.54) is 5.56 Å². The zero-order valence-electron chi connectivity index (χ0n) is 9.65. The molecular formula is C13H21N3. The van der Waals surface area contributed by atoms with Crippen LogP contribution in [0.2, 0.25) is 0 Å². The van der Waals surface area contributed by atoms with Gasteiger partial charge in [-0.15, -0.1) is 6.58 Å². The molecule has 1 aromatic rings. The van der Waals surface area contributed by atoms with Gasteiger partial charge in [-0.05, 0) is 12.0 Å². The van der Waals surface area contributed by atoms with E-state index in [2.05, 4.69) is 24.0 Å². The predicted octanol–water partition coefficient (Wildman–Crippen LogP) is 0.661. The molecule has 0 aromatic heterocycles. The highest BCUT2D eigenvalue weighted by atomic mass is 14.9. The Labute approximate surface area is 97.5 Å². The number of hydrogen-bond donors (Lipinski definition) is 3. The molecule has 0 amide bonds. The standard InChI is InChI=1S/C13H21N3/c1-2-13(15,11-16-9-8-14)10-12-6-4-3-5-7-12/h2-7,16H,1,8-11,14-15H2. The normalized spacial score (nSPS) is 14.4. The van der Waals surface area contributed by atoms with Crippen LogP contribution in [-0.2, 0) is 6.42 Å². The van der Waals surface area contributed by atoms with E-state index < -0.39 is 5.54 Å². The minimum atomic E-state index is -0.406. The summed E-state index contributed by atoms with van der Waals surface area (Å²) in [5.74, 6) is 0. The quantitative estimate of drug-likeness (QED) is 0.466. The summed E-state index contributed by atoms with van der Waals surface area (Å²) in [7, 11) is 0. The van der Waals surface area contributed by atoms with Crippen LogP contribution >= 0.6 is 0 Å². The van der Waals surface area contributed by atoms with E-state index in [-0.39, 0.29) is 0 Å². The molecule has 1 unspecified atom stereocenters. The average molecular weight is 219 g/mol. The minimum Gasteiger partial charge on any atom is -0.329 e. The first-order valence-electron chi connectivity index (χ1n) is 5.57. The van der Waals surface area contributed by atoms with Gasteiger partial charge >= 0.3 is 0 Å². The Hall–Kier alpha value is -1.16. The number of benzene rings is 1. The summed E-state index contributed by atoms with van der Waals surface area (Å²) in [5, 5.41) is 3.23. The fourth-order valence-electron chi connectivity index (χ4n) is 1.61. The molecule has 16 heavy (non-hydrogen) atoms. The summed E-state index contributed by atoms with van der Waals surface area (Å²) < 4.78 is 0. The summed E-state index contributed by atoms with van der Waals surface area (Å²) >= 11 is 0. The number of hydrogen-bond acceptors (Lipinski definition) is 3. The summed E-state index contributed by atoms with van der Waals surface area (Å²) in [4.78, 5) is 0. The summed E-state index contributed by atoms with van der Waals surface area (Å²) in [5.41, 5.74) is 12.5. The van der Waals surface area contributed by atoms with Crippen molar-refractivity contribution in [2.45, 2.75) is 12.0 Å². The highest BCUT2D eigenvalue weighted by Crippen LogP contribution is 2.11. The second kappa shape index (κ2) is 6.43. The Bertz CT molecular complexity index is 310. The molecule has 1 aromatic carbocycles. The zero-order valence-corrected chi connectivity index (χ0v) is 9.65. The summed E-state index contributed by atoms with van der Waals surface area (Å²) in [6.07, 6.45) is 2.60. The maximum absolute atomic E-state index is 6.25. The molecular weight excluding hydrogens is 198 g/mol. The molecule has 0 aliphatic carbocycles. The van der Waals surface area contributed by atoms with Gasteiger partial charge in [0.15, 0.2) is 0 Å². The maximum Gasteiger partial charge on any atom is 0.0504 e. The van der Waals surface area contributed by atoms with Gasteiger partial charge in [-0.3, -0.25) is 0 Å². The van der Waals surface area contributed by atoms with Crippen molar-refractivity contribution in [2.75, 3.05) is 19.6 Å². The predicted molar refractivity (Wildman–Crippen MR) is 69.2 cm³/mol. The van der Waals surface area contributed by atoms with E-state index >= 15 is 0 Å². The van der Waals surface area contributed by atoms with Crippen molar-refractivity contribution in [3.63, 3.8) is 0 Å². The average Bonchev–Trinajstić information content (AvgIpc) is 2.31. The van der Waals surface area contributed by atoms with Crippen molar-refractivity contribution in [3.05, 3.63) is 48.6 Å². The first-order valence-corrected chi connectivity index (χ1v) is 5.57. The third-order valence-corrected chi connectivity index (χ3v) is 2.56. The second-order valence-electron chi connectivity index (χ2n) is 4.07. The molecule has 0 spiro atoms. The largest absolute Gasteiger partial charge is 0.329 e. The minimum absolute atomic E-state index is 0.406. The molecule has 0 bridgehead atoms. The molecule has 3 nitrogen and oxygen atoms in total. The van der Waals surface area contributed by atoms with Crippen LogP contribution in [0, 0.1) is 0 Å². The van der Waals surface area contributed by atoms with Gasteiger partial charge in [-0.25, -0.2) is 0 Å². The lowest BCUT2D eigenvalue weighted by Gasteiger charge is -2.26. The van der Waals surface area contributed by atoms with Gasteiger partial charge in [0.2, 0.25) is 0 Å². The van der Waals surface area contributed by atoms with Gasteiger partial charge in [0.1, 0.15) is 0 Å². The van der Waals surface area contributed by atoms with Crippen LogP contribution in [-0.4, -0.2) is 25.2 Å². The Morgan fingerprint density at radius 1 is 1.31 bits per heavy atom. The van der Waals surface area contributed by atoms with E-state index in [1.54, 1.807) is 0 Å². The van der Waals surface area contributed by atoms with Crippen LogP contribution in [0.5, 0.6) is 0 Å². The number of rotatable bonds is 7.